The average molecular weight is 332 g/mol. The molecule has 1 saturated heterocycles. The molecule has 0 radical (unpaired) electrons. The van der Waals surface area contributed by atoms with E-state index in [-0.39, 0.29) is 30.1 Å². The molecule has 1 aliphatic rings. The summed E-state index contributed by atoms with van der Waals surface area (Å²) in [7, 11) is 0. The number of hydrogen-bond donors (Lipinski definition) is 3. The molecule has 5 nitrogen and oxygen atoms in total. The lowest BCUT2D eigenvalue weighted by Gasteiger charge is -2.22. The van der Waals surface area contributed by atoms with Gasteiger partial charge in [0.1, 0.15) is 0 Å². The fourth-order valence-electron chi connectivity index (χ4n) is 2.20. The Hall–Kier alpha value is -1.30. The molecule has 0 saturated carbocycles. The first-order chi connectivity index (χ1) is 9.56. The number of rotatable bonds is 3. The molecule has 1 aromatic rings. The molecule has 3 N–H and O–H groups in total. The quantitative estimate of drug-likeness (QED) is 0.797. The van der Waals surface area contributed by atoms with Gasteiger partial charge < -0.3 is 16.0 Å². The van der Waals surface area contributed by atoms with E-state index in [1.54, 1.807) is 18.2 Å². The number of anilines is 2. The zero-order valence-corrected chi connectivity index (χ0v) is 13.3. The van der Waals surface area contributed by atoms with Gasteiger partial charge in [0.05, 0.1) is 16.6 Å². The van der Waals surface area contributed by atoms with Gasteiger partial charge in [-0.2, -0.15) is 0 Å². The first kappa shape index (κ1) is 17.8. The van der Waals surface area contributed by atoms with Gasteiger partial charge in [-0.25, -0.2) is 0 Å². The molecule has 0 aromatic heterocycles. The minimum Gasteiger partial charge on any atom is -0.326 e. The standard InChI is InChI=1S/C14H18ClN3O2.ClH/c1-9(19)17-13-5-4-11(7-12(13)15)18-14(20)10-3-2-6-16-8-10;/h4-5,7,10,16H,2-3,6,8H2,1H3,(H,17,19)(H,18,20);1H/t10-;/m1./s1. The van der Waals surface area contributed by atoms with Gasteiger partial charge in [-0.1, -0.05) is 11.6 Å². The maximum atomic E-state index is 12.1. The molecule has 1 atom stereocenters. The van der Waals surface area contributed by atoms with Crippen molar-refractivity contribution in [2.24, 2.45) is 5.92 Å². The van der Waals surface area contributed by atoms with Crippen molar-refractivity contribution in [1.82, 2.24) is 5.32 Å². The number of carbonyl (C=O) groups is 2. The summed E-state index contributed by atoms with van der Waals surface area (Å²) < 4.78 is 0. The summed E-state index contributed by atoms with van der Waals surface area (Å²) in [6.07, 6.45) is 1.91. The first-order valence-corrected chi connectivity index (χ1v) is 7.03. The van der Waals surface area contributed by atoms with Crippen molar-refractivity contribution in [3.8, 4) is 0 Å². The first-order valence-electron chi connectivity index (χ1n) is 6.65. The molecule has 1 fully saturated rings. The van der Waals surface area contributed by atoms with Crippen LogP contribution in [-0.4, -0.2) is 24.9 Å². The van der Waals surface area contributed by atoms with Crippen molar-refractivity contribution in [3.05, 3.63) is 23.2 Å². The van der Waals surface area contributed by atoms with Crippen molar-refractivity contribution in [2.45, 2.75) is 19.8 Å². The summed E-state index contributed by atoms with van der Waals surface area (Å²) in [6, 6.07) is 5.05. The van der Waals surface area contributed by atoms with Crippen molar-refractivity contribution in [1.29, 1.82) is 0 Å². The molecule has 21 heavy (non-hydrogen) atoms. The second-order valence-electron chi connectivity index (χ2n) is 4.91. The summed E-state index contributed by atoms with van der Waals surface area (Å²) >= 11 is 6.06. The number of benzene rings is 1. The van der Waals surface area contributed by atoms with Crippen LogP contribution >= 0.6 is 24.0 Å². The van der Waals surface area contributed by atoms with E-state index >= 15 is 0 Å². The van der Waals surface area contributed by atoms with Crippen LogP contribution in [-0.2, 0) is 9.59 Å². The number of nitrogens with one attached hydrogen (secondary N) is 3. The van der Waals surface area contributed by atoms with Crippen LogP contribution in [0.1, 0.15) is 19.8 Å². The Kier molecular flexibility index (Phi) is 6.95. The second-order valence-corrected chi connectivity index (χ2v) is 5.32. The molecular weight excluding hydrogens is 313 g/mol. The third kappa shape index (κ3) is 5.19. The van der Waals surface area contributed by atoms with Crippen LogP contribution in [0.25, 0.3) is 0 Å². The zero-order valence-electron chi connectivity index (χ0n) is 11.7. The monoisotopic (exact) mass is 331 g/mol. The number of halogens is 2. The Bertz CT molecular complexity index is 517. The molecule has 0 unspecified atom stereocenters. The fraction of sp³-hybridized carbons (Fsp3) is 0.429. The van der Waals surface area contributed by atoms with Crippen LogP contribution in [0.2, 0.25) is 5.02 Å². The van der Waals surface area contributed by atoms with Gasteiger partial charge in [0.25, 0.3) is 0 Å². The van der Waals surface area contributed by atoms with Gasteiger partial charge in [0.15, 0.2) is 0 Å². The predicted octanol–water partition coefficient (Wildman–Crippen LogP) is 2.66. The summed E-state index contributed by atoms with van der Waals surface area (Å²) in [6.45, 7) is 3.10. The van der Waals surface area contributed by atoms with Crippen molar-refractivity contribution < 1.29 is 9.59 Å². The predicted molar refractivity (Wildman–Crippen MR) is 87.2 cm³/mol. The molecule has 7 heteroatoms. The van der Waals surface area contributed by atoms with Crippen molar-refractivity contribution in [2.75, 3.05) is 23.7 Å². The molecular formula is C14H19Cl2N3O2. The lowest BCUT2D eigenvalue weighted by molar-refractivity contribution is -0.120. The van der Waals surface area contributed by atoms with E-state index in [0.717, 1.165) is 19.4 Å². The van der Waals surface area contributed by atoms with Crippen LogP contribution in [0.15, 0.2) is 18.2 Å². The summed E-state index contributed by atoms with van der Waals surface area (Å²) in [5, 5.41) is 9.09. The van der Waals surface area contributed by atoms with Gasteiger partial charge in [-0.15, -0.1) is 12.4 Å². The van der Waals surface area contributed by atoms with Gasteiger partial charge >= 0.3 is 0 Å². The lowest BCUT2D eigenvalue weighted by atomic mass is 9.99. The Morgan fingerprint density at radius 1 is 1.33 bits per heavy atom. The van der Waals surface area contributed by atoms with Crippen LogP contribution < -0.4 is 16.0 Å². The van der Waals surface area contributed by atoms with Crippen LogP contribution in [0.4, 0.5) is 11.4 Å². The number of piperidine rings is 1. The van der Waals surface area contributed by atoms with E-state index in [9.17, 15) is 9.59 Å². The topological polar surface area (TPSA) is 70.2 Å². The maximum Gasteiger partial charge on any atom is 0.228 e. The molecule has 2 rings (SSSR count). The SMILES string of the molecule is CC(=O)Nc1ccc(NC(=O)[C@@H]2CCCNC2)cc1Cl.Cl. The van der Waals surface area contributed by atoms with E-state index < -0.39 is 0 Å². The minimum absolute atomic E-state index is 0. The van der Waals surface area contributed by atoms with Crippen LogP contribution in [0.5, 0.6) is 0 Å². The number of hydrogen-bond acceptors (Lipinski definition) is 3. The Morgan fingerprint density at radius 3 is 2.67 bits per heavy atom. The molecule has 116 valence electrons. The molecule has 0 bridgehead atoms. The average Bonchev–Trinajstić information content (AvgIpc) is 2.42. The van der Waals surface area contributed by atoms with E-state index in [1.165, 1.54) is 6.92 Å². The molecule has 1 heterocycles. The normalized spacial score (nSPS) is 17.5. The van der Waals surface area contributed by atoms with Crippen molar-refractivity contribution in [3.63, 3.8) is 0 Å². The summed E-state index contributed by atoms with van der Waals surface area (Å²) in [5.74, 6) is -0.185. The highest BCUT2D eigenvalue weighted by molar-refractivity contribution is 6.34. The molecule has 0 spiro atoms. The smallest absolute Gasteiger partial charge is 0.228 e. The molecule has 0 aliphatic carbocycles. The van der Waals surface area contributed by atoms with Crippen LogP contribution in [0.3, 0.4) is 0 Å². The van der Waals surface area contributed by atoms with Crippen molar-refractivity contribution >= 4 is 47.2 Å². The van der Waals surface area contributed by atoms with Gasteiger partial charge in [0.2, 0.25) is 11.8 Å². The van der Waals surface area contributed by atoms with E-state index in [4.69, 9.17) is 11.6 Å². The Labute approximate surface area is 135 Å². The highest BCUT2D eigenvalue weighted by Gasteiger charge is 2.20. The number of carbonyl (C=O) groups excluding carboxylic acids is 2. The second kappa shape index (κ2) is 8.22. The highest BCUT2D eigenvalue weighted by Crippen LogP contribution is 2.26. The largest absolute Gasteiger partial charge is 0.326 e. The summed E-state index contributed by atoms with van der Waals surface area (Å²) in [5.41, 5.74) is 1.18. The highest BCUT2D eigenvalue weighted by atomic mass is 35.5. The van der Waals surface area contributed by atoms with E-state index in [1.807, 2.05) is 0 Å². The molecule has 2 amide bonds. The van der Waals surface area contributed by atoms with Gasteiger partial charge in [-0.3, -0.25) is 9.59 Å². The summed E-state index contributed by atoms with van der Waals surface area (Å²) in [4.78, 5) is 23.1. The van der Waals surface area contributed by atoms with E-state index in [0.29, 0.717) is 22.9 Å². The molecule has 1 aliphatic heterocycles. The third-order valence-electron chi connectivity index (χ3n) is 3.21. The minimum atomic E-state index is -0.183. The zero-order chi connectivity index (χ0) is 14.5. The lowest BCUT2D eigenvalue weighted by Crippen LogP contribution is -2.37. The number of amides is 2. The van der Waals surface area contributed by atoms with Gasteiger partial charge in [0, 0.05) is 19.2 Å². The van der Waals surface area contributed by atoms with E-state index in [2.05, 4.69) is 16.0 Å². The maximum absolute atomic E-state index is 12.1. The molecule has 1 aromatic carbocycles. The van der Waals surface area contributed by atoms with Gasteiger partial charge in [-0.05, 0) is 37.6 Å². The van der Waals surface area contributed by atoms with Crippen LogP contribution in [0, 0.1) is 5.92 Å². The third-order valence-corrected chi connectivity index (χ3v) is 3.53. The Balaban J connectivity index is 0.00000220. The fourth-order valence-corrected chi connectivity index (χ4v) is 2.43. The Morgan fingerprint density at radius 2 is 2.10 bits per heavy atom.